The van der Waals surface area contributed by atoms with Crippen molar-refractivity contribution in [3.63, 3.8) is 0 Å². The fraction of sp³-hybridized carbons (Fsp3) is 0.957. The molecule has 4 atom stereocenters. The van der Waals surface area contributed by atoms with Gasteiger partial charge in [0.15, 0.2) is 0 Å². The van der Waals surface area contributed by atoms with Gasteiger partial charge in [-0.3, -0.25) is 4.79 Å². The van der Waals surface area contributed by atoms with Crippen LogP contribution in [0.15, 0.2) is 0 Å². The van der Waals surface area contributed by atoms with Gasteiger partial charge < -0.3 is 10.1 Å². The molecule has 2 aliphatic carbocycles. The number of carbonyl (C=O) groups excluding carboxylic acids is 1. The molecule has 0 aromatic carbocycles. The number of nitrogens with one attached hydrogen (secondary N) is 1. The second-order valence-corrected chi connectivity index (χ2v) is 9.80. The summed E-state index contributed by atoms with van der Waals surface area (Å²) in [5, 5.41) is 3.75. The third kappa shape index (κ3) is 4.13. The number of ether oxygens (including phenoxy) is 1. The minimum Gasteiger partial charge on any atom is -0.465 e. The number of hydrogen-bond donors (Lipinski definition) is 1. The van der Waals surface area contributed by atoms with E-state index >= 15 is 0 Å². The highest BCUT2D eigenvalue weighted by atomic mass is 16.5. The topological polar surface area (TPSA) is 38.3 Å². The van der Waals surface area contributed by atoms with Crippen LogP contribution >= 0.6 is 0 Å². The van der Waals surface area contributed by atoms with Crippen LogP contribution < -0.4 is 5.32 Å². The lowest BCUT2D eigenvalue weighted by Crippen LogP contribution is -2.51. The molecule has 2 saturated heterocycles. The van der Waals surface area contributed by atoms with Crippen LogP contribution in [0.25, 0.3) is 0 Å². The summed E-state index contributed by atoms with van der Waals surface area (Å²) >= 11 is 0. The summed E-state index contributed by atoms with van der Waals surface area (Å²) in [6, 6.07) is 1.05. The number of hydrogen-bond acceptors (Lipinski definition) is 3. The zero-order valence-electron chi connectivity index (χ0n) is 16.8. The maximum atomic E-state index is 13.1. The molecular formula is C23H39NO2. The molecule has 0 radical (unpaired) electrons. The Morgan fingerprint density at radius 1 is 0.923 bits per heavy atom. The van der Waals surface area contributed by atoms with Crippen LogP contribution in [0.4, 0.5) is 0 Å². The average Bonchev–Trinajstić information content (AvgIpc) is 3.07. The Kier molecular flexibility index (Phi) is 6.23. The van der Waals surface area contributed by atoms with Crippen LogP contribution in [0.1, 0.15) is 90.4 Å². The van der Waals surface area contributed by atoms with Crippen molar-refractivity contribution in [1.29, 1.82) is 0 Å². The Morgan fingerprint density at radius 2 is 1.69 bits per heavy atom. The second-order valence-electron chi connectivity index (χ2n) is 9.80. The molecule has 0 aromatic heterocycles. The molecule has 0 spiro atoms. The largest absolute Gasteiger partial charge is 0.465 e. The molecule has 0 aromatic rings. The van der Waals surface area contributed by atoms with Crippen molar-refractivity contribution in [1.82, 2.24) is 5.32 Å². The summed E-state index contributed by atoms with van der Waals surface area (Å²) in [6.45, 7) is 3.02. The van der Waals surface area contributed by atoms with Crippen LogP contribution in [0, 0.1) is 29.6 Å². The summed E-state index contributed by atoms with van der Waals surface area (Å²) in [7, 11) is 0. The van der Waals surface area contributed by atoms with Crippen molar-refractivity contribution in [2.24, 2.45) is 29.6 Å². The first-order valence-corrected chi connectivity index (χ1v) is 11.7. The number of carbonyl (C=O) groups is 1. The van der Waals surface area contributed by atoms with Crippen LogP contribution in [-0.4, -0.2) is 24.7 Å². The molecule has 2 bridgehead atoms. The lowest BCUT2D eigenvalue weighted by Gasteiger charge is -2.43. The molecule has 2 aliphatic heterocycles. The minimum atomic E-state index is 0.125. The van der Waals surface area contributed by atoms with Crippen LogP contribution in [-0.2, 0) is 9.53 Å². The molecule has 4 aliphatic rings. The monoisotopic (exact) mass is 361 g/mol. The molecule has 1 N–H and O–H groups in total. The SMILES string of the molecule is CCC1CCC(C2CC3CCC(N3)C2C(=O)OCC2CCCCC2)CC1. The maximum Gasteiger partial charge on any atom is 0.310 e. The zero-order valence-corrected chi connectivity index (χ0v) is 16.8. The van der Waals surface area contributed by atoms with Crippen LogP contribution in [0.3, 0.4) is 0 Å². The lowest BCUT2D eigenvalue weighted by atomic mass is 9.67. The highest BCUT2D eigenvalue weighted by Crippen LogP contribution is 2.46. The van der Waals surface area contributed by atoms with E-state index in [-0.39, 0.29) is 11.9 Å². The Balaban J connectivity index is 1.38. The van der Waals surface area contributed by atoms with Gasteiger partial charge in [0.05, 0.1) is 12.5 Å². The molecule has 4 unspecified atom stereocenters. The van der Waals surface area contributed by atoms with Gasteiger partial charge in [0, 0.05) is 12.1 Å². The molecule has 148 valence electrons. The molecule has 2 heterocycles. The first kappa shape index (κ1) is 18.8. The van der Waals surface area contributed by atoms with Gasteiger partial charge in [0.2, 0.25) is 0 Å². The third-order valence-corrected chi connectivity index (χ3v) is 8.26. The van der Waals surface area contributed by atoms with Crippen molar-refractivity contribution >= 4 is 5.97 Å². The van der Waals surface area contributed by atoms with Gasteiger partial charge in [-0.25, -0.2) is 0 Å². The normalized spacial score (nSPS) is 41.1. The molecule has 0 amide bonds. The summed E-state index contributed by atoms with van der Waals surface area (Å²) in [5.74, 6) is 3.15. The molecule has 2 saturated carbocycles. The van der Waals surface area contributed by atoms with E-state index in [0.29, 0.717) is 30.5 Å². The predicted octanol–water partition coefficient (Wildman–Crippen LogP) is 5.08. The summed E-state index contributed by atoms with van der Waals surface area (Å²) < 4.78 is 5.96. The fourth-order valence-corrected chi connectivity index (χ4v) is 6.59. The fourth-order valence-electron chi connectivity index (χ4n) is 6.59. The zero-order chi connectivity index (χ0) is 17.9. The number of piperidine rings is 1. The van der Waals surface area contributed by atoms with Crippen molar-refractivity contribution in [2.75, 3.05) is 6.61 Å². The third-order valence-electron chi connectivity index (χ3n) is 8.26. The van der Waals surface area contributed by atoms with Gasteiger partial charge in [-0.15, -0.1) is 0 Å². The highest BCUT2D eigenvalue weighted by Gasteiger charge is 2.48. The highest BCUT2D eigenvalue weighted by molar-refractivity contribution is 5.74. The smallest absolute Gasteiger partial charge is 0.310 e. The van der Waals surface area contributed by atoms with E-state index < -0.39 is 0 Å². The minimum absolute atomic E-state index is 0.125. The van der Waals surface area contributed by atoms with Crippen molar-refractivity contribution < 1.29 is 9.53 Å². The van der Waals surface area contributed by atoms with E-state index in [2.05, 4.69) is 12.2 Å². The van der Waals surface area contributed by atoms with E-state index in [9.17, 15) is 4.79 Å². The first-order valence-electron chi connectivity index (χ1n) is 11.7. The van der Waals surface area contributed by atoms with Gasteiger partial charge in [-0.05, 0) is 68.6 Å². The molecule has 26 heavy (non-hydrogen) atoms. The van der Waals surface area contributed by atoms with E-state index in [4.69, 9.17) is 4.74 Å². The van der Waals surface area contributed by atoms with Crippen molar-refractivity contribution in [3.05, 3.63) is 0 Å². The van der Waals surface area contributed by atoms with E-state index in [1.165, 1.54) is 83.5 Å². The first-order chi connectivity index (χ1) is 12.7. The quantitative estimate of drug-likeness (QED) is 0.694. The van der Waals surface area contributed by atoms with Gasteiger partial charge in [-0.2, -0.15) is 0 Å². The van der Waals surface area contributed by atoms with Crippen molar-refractivity contribution in [3.8, 4) is 0 Å². The predicted molar refractivity (Wildman–Crippen MR) is 105 cm³/mol. The molecule has 4 rings (SSSR count). The Morgan fingerprint density at radius 3 is 2.42 bits per heavy atom. The van der Waals surface area contributed by atoms with Crippen molar-refractivity contribution in [2.45, 2.75) is 102 Å². The summed E-state index contributed by atoms with van der Waals surface area (Å²) in [6.07, 6.45) is 16.9. The van der Waals surface area contributed by atoms with E-state index in [0.717, 1.165) is 11.8 Å². The van der Waals surface area contributed by atoms with Gasteiger partial charge in [0.25, 0.3) is 0 Å². The number of esters is 1. The van der Waals surface area contributed by atoms with Gasteiger partial charge >= 0.3 is 5.97 Å². The Labute approximate surface area is 160 Å². The number of fused-ring (bicyclic) bond motifs is 2. The Hall–Kier alpha value is -0.570. The molecule has 3 heteroatoms. The van der Waals surface area contributed by atoms with Gasteiger partial charge in [-0.1, -0.05) is 45.4 Å². The molecule has 4 fully saturated rings. The summed E-state index contributed by atoms with van der Waals surface area (Å²) in [5.41, 5.74) is 0. The van der Waals surface area contributed by atoms with E-state index in [1.54, 1.807) is 0 Å². The molecular weight excluding hydrogens is 322 g/mol. The second kappa shape index (κ2) is 8.63. The Bertz CT molecular complexity index is 465. The standard InChI is InChI=1S/C23H39NO2/c1-2-16-8-10-18(11-9-16)20-14-19-12-13-21(24-19)22(20)23(25)26-15-17-6-4-3-5-7-17/h16-22,24H,2-15H2,1H3. The maximum absolute atomic E-state index is 13.1. The van der Waals surface area contributed by atoms with Crippen LogP contribution in [0.2, 0.25) is 0 Å². The summed E-state index contributed by atoms with van der Waals surface area (Å²) in [4.78, 5) is 13.1. The molecule has 3 nitrogen and oxygen atoms in total. The average molecular weight is 362 g/mol. The lowest BCUT2D eigenvalue weighted by molar-refractivity contribution is -0.156. The number of rotatable bonds is 5. The van der Waals surface area contributed by atoms with Gasteiger partial charge in [0.1, 0.15) is 0 Å². The van der Waals surface area contributed by atoms with E-state index in [1.807, 2.05) is 0 Å². The van der Waals surface area contributed by atoms with Crippen LogP contribution in [0.5, 0.6) is 0 Å².